The van der Waals surface area contributed by atoms with Gasteiger partial charge in [-0.25, -0.2) is 0 Å². The lowest BCUT2D eigenvalue weighted by Gasteiger charge is -2.43. The number of carbonyl (C=O) groups excluding carboxylic acids is 1. The summed E-state index contributed by atoms with van der Waals surface area (Å²) >= 11 is 0. The van der Waals surface area contributed by atoms with Gasteiger partial charge in [0.25, 0.3) is 0 Å². The Bertz CT molecular complexity index is 582. The molecule has 1 aromatic carbocycles. The first-order chi connectivity index (χ1) is 12.3. The maximum atomic E-state index is 13.2. The Morgan fingerprint density at radius 3 is 2.44 bits per heavy atom. The van der Waals surface area contributed by atoms with Crippen molar-refractivity contribution in [2.45, 2.75) is 51.1 Å². The van der Waals surface area contributed by atoms with Crippen molar-refractivity contribution in [3.8, 4) is 0 Å². The highest BCUT2D eigenvalue weighted by Gasteiger charge is 2.40. The molecule has 4 nitrogen and oxygen atoms in total. The van der Waals surface area contributed by atoms with E-state index in [1.165, 1.54) is 37.7 Å². The molecule has 3 saturated heterocycles. The number of hydrogen-bond acceptors (Lipinski definition) is 3. The number of piperidine rings is 2. The number of amides is 1. The Labute approximate surface area is 175 Å². The summed E-state index contributed by atoms with van der Waals surface area (Å²) in [6, 6.07) is 10.7. The number of benzene rings is 1. The van der Waals surface area contributed by atoms with Gasteiger partial charge in [-0.15, -0.1) is 24.8 Å². The minimum absolute atomic E-state index is 0. The van der Waals surface area contributed by atoms with E-state index >= 15 is 0 Å². The molecular formula is C21H33Cl2N3O. The van der Waals surface area contributed by atoms with Crippen LogP contribution in [0.3, 0.4) is 0 Å². The van der Waals surface area contributed by atoms with Crippen LogP contribution in [0, 0.1) is 5.41 Å². The predicted molar refractivity (Wildman–Crippen MR) is 115 cm³/mol. The zero-order valence-electron chi connectivity index (χ0n) is 16.1. The molecule has 152 valence electrons. The molecule has 1 aromatic rings. The van der Waals surface area contributed by atoms with E-state index in [1.54, 1.807) is 0 Å². The first-order valence-corrected chi connectivity index (χ1v) is 10.0. The van der Waals surface area contributed by atoms with Gasteiger partial charge in [-0.2, -0.15) is 0 Å². The monoisotopic (exact) mass is 413 g/mol. The van der Waals surface area contributed by atoms with Crippen molar-refractivity contribution in [3.05, 3.63) is 35.9 Å². The number of nitrogens with one attached hydrogen (secondary N) is 1. The van der Waals surface area contributed by atoms with Crippen LogP contribution in [0.1, 0.15) is 44.1 Å². The molecule has 1 unspecified atom stereocenters. The van der Waals surface area contributed by atoms with Gasteiger partial charge in [-0.05, 0) is 56.2 Å². The molecule has 6 heteroatoms. The molecule has 1 atom stereocenters. The van der Waals surface area contributed by atoms with E-state index in [-0.39, 0.29) is 30.9 Å². The fourth-order valence-corrected chi connectivity index (χ4v) is 4.91. The molecule has 1 N–H and O–H groups in total. The third-order valence-corrected chi connectivity index (χ3v) is 6.60. The summed E-state index contributed by atoms with van der Waals surface area (Å²) in [4.78, 5) is 17.8. The van der Waals surface area contributed by atoms with Crippen molar-refractivity contribution in [1.29, 1.82) is 0 Å². The van der Waals surface area contributed by atoms with Gasteiger partial charge in [0, 0.05) is 26.2 Å². The van der Waals surface area contributed by atoms with Gasteiger partial charge in [0.2, 0.25) is 5.91 Å². The maximum Gasteiger partial charge on any atom is 0.239 e. The third kappa shape index (κ3) is 5.17. The summed E-state index contributed by atoms with van der Waals surface area (Å²) in [5, 5.41) is 3.51. The lowest BCUT2D eigenvalue weighted by Crippen LogP contribution is -2.53. The molecular weight excluding hydrogens is 381 g/mol. The number of likely N-dealkylation sites (tertiary alicyclic amines) is 2. The second-order valence-corrected chi connectivity index (χ2v) is 8.22. The van der Waals surface area contributed by atoms with Gasteiger partial charge in [-0.3, -0.25) is 9.69 Å². The van der Waals surface area contributed by atoms with Crippen LogP contribution >= 0.6 is 24.8 Å². The molecule has 3 aliphatic rings. The van der Waals surface area contributed by atoms with Crippen molar-refractivity contribution in [2.75, 3.05) is 32.7 Å². The lowest BCUT2D eigenvalue weighted by molar-refractivity contribution is -0.140. The number of hydrogen-bond donors (Lipinski definition) is 1. The normalized spacial score (nSPS) is 24.9. The van der Waals surface area contributed by atoms with Gasteiger partial charge in [-0.1, -0.05) is 36.8 Å². The first kappa shape index (κ1) is 22.5. The highest BCUT2D eigenvalue weighted by Crippen LogP contribution is 2.37. The standard InChI is InChI=1S/C21H31N3O.2ClH/c25-20(23-14-10-21(11-15-23)9-12-22-17-21)19-8-4-5-13-24(19)16-18-6-2-1-3-7-18;;/h1-3,6-7,19,22H,4-5,8-17H2;2*1H. The highest BCUT2D eigenvalue weighted by atomic mass is 35.5. The minimum atomic E-state index is 0. The third-order valence-electron chi connectivity index (χ3n) is 6.60. The average molecular weight is 414 g/mol. The largest absolute Gasteiger partial charge is 0.341 e. The van der Waals surface area contributed by atoms with Crippen LogP contribution in [0.25, 0.3) is 0 Å². The molecule has 3 heterocycles. The molecule has 3 fully saturated rings. The topological polar surface area (TPSA) is 35.6 Å². The average Bonchev–Trinajstić information content (AvgIpc) is 3.11. The quantitative estimate of drug-likeness (QED) is 0.823. The second-order valence-electron chi connectivity index (χ2n) is 8.22. The van der Waals surface area contributed by atoms with Crippen LogP contribution in [0.15, 0.2) is 30.3 Å². The van der Waals surface area contributed by atoms with Crippen molar-refractivity contribution in [3.63, 3.8) is 0 Å². The first-order valence-electron chi connectivity index (χ1n) is 10.0. The molecule has 0 bridgehead atoms. The van der Waals surface area contributed by atoms with E-state index in [4.69, 9.17) is 0 Å². The molecule has 1 amide bonds. The zero-order chi connectivity index (χ0) is 17.1. The second kappa shape index (κ2) is 10.1. The van der Waals surface area contributed by atoms with E-state index in [0.29, 0.717) is 11.3 Å². The van der Waals surface area contributed by atoms with E-state index in [2.05, 4.69) is 45.4 Å². The summed E-state index contributed by atoms with van der Waals surface area (Å²) in [6.45, 7) is 6.17. The van der Waals surface area contributed by atoms with Gasteiger partial charge in [0.05, 0.1) is 6.04 Å². The summed E-state index contributed by atoms with van der Waals surface area (Å²) in [7, 11) is 0. The van der Waals surface area contributed by atoms with E-state index < -0.39 is 0 Å². The molecule has 27 heavy (non-hydrogen) atoms. The Kier molecular flexibility index (Phi) is 8.41. The fraction of sp³-hybridized carbons (Fsp3) is 0.667. The van der Waals surface area contributed by atoms with Gasteiger partial charge >= 0.3 is 0 Å². The Morgan fingerprint density at radius 2 is 1.78 bits per heavy atom. The van der Waals surface area contributed by atoms with Crippen LogP contribution in [0.4, 0.5) is 0 Å². The number of carbonyl (C=O) groups is 1. The Balaban J connectivity index is 0.00000131. The van der Waals surface area contributed by atoms with Crippen LogP contribution in [-0.4, -0.2) is 54.5 Å². The van der Waals surface area contributed by atoms with Crippen LogP contribution < -0.4 is 5.32 Å². The molecule has 0 aromatic heterocycles. The predicted octanol–water partition coefficient (Wildman–Crippen LogP) is 3.49. The molecule has 4 rings (SSSR count). The molecule has 3 aliphatic heterocycles. The van der Waals surface area contributed by atoms with Crippen molar-refractivity contribution < 1.29 is 4.79 Å². The Hall–Kier alpha value is -0.810. The van der Waals surface area contributed by atoms with E-state index in [9.17, 15) is 4.79 Å². The van der Waals surface area contributed by atoms with E-state index in [0.717, 1.165) is 45.7 Å². The van der Waals surface area contributed by atoms with Crippen LogP contribution in [0.2, 0.25) is 0 Å². The molecule has 0 aliphatic carbocycles. The van der Waals surface area contributed by atoms with Crippen LogP contribution in [-0.2, 0) is 11.3 Å². The summed E-state index contributed by atoms with van der Waals surface area (Å²) in [6.07, 6.45) is 7.07. The van der Waals surface area contributed by atoms with Crippen molar-refractivity contribution in [1.82, 2.24) is 15.1 Å². The summed E-state index contributed by atoms with van der Waals surface area (Å²) < 4.78 is 0. The number of nitrogens with zero attached hydrogens (tertiary/aromatic N) is 2. The molecule has 0 radical (unpaired) electrons. The zero-order valence-corrected chi connectivity index (χ0v) is 17.7. The van der Waals surface area contributed by atoms with E-state index in [1.807, 2.05) is 0 Å². The van der Waals surface area contributed by atoms with Gasteiger partial charge in [0.1, 0.15) is 0 Å². The SMILES string of the molecule is Cl.Cl.O=C(C1CCCCN1Cc1ccccc1)N1CCC2(CCNC2)CC1. The number of halogens is 2. The lowest BCUT2D eigenvalue weighted by atomic mass is 9.77. The Morgan fingerprint density at radius 1 is 1.04 bits per heavy atom. The molecule has 1 spiro atoms. The summed E-state index contributed by atoms with van der Waals surface area (Å²) in [5.41, 5.74) is 1.80. The van der Waals surface area contributed by atoms with Crippen molar-refractivity contribution in [2.24, 2.45) is 5.41 Å². The fourth-order valence-electron chi connectivity index (χ4n) is 4.91. The highest BCUT2D eigenvalue weighted by molar-refractivity contribution is 5.85. The van der Waals surface area contributed by atoms with Gasteiger partial charge < -0.3 is 10.2 Å². The van der Waals surface area contributed by atoms with Gasteiger partial charge in [0.15, 0.2) is 0 Å². The summed E-state index contributed by atoms with van der Waals surface area (Å²) in [5.74, 6) is 0.386. The van der Waals surface area contributed by atoms with Crippen molar-refractivity contribution >= 4 is 30.7 Å². The number of rotatable bonds is 3. The minimum Gasteiger partial charge on any atom is -0.341 e. The van der Waals surface area contributed by atoms with Crippen LogP contribution in [0.5, 0.6) is 0 Å². The smallest absolute Gasteiger partial charge is 0.239 e. The molecule has 0 saturated carbocycles. The maximum absolute atomic E-state index is 13.2.